The van der Waals surface area contributed by atoms with Gasteiger partial charge < -0.3 is 15.5 Å². The minimum absolute atomic E-state index is 0.143. The van der Waals surface area contributed by atoms with Crippen LogP contribution in [-0.2, 0) is 16.1 Å². The standard InChI is InChI=1S/C26H35N5O4/c1-18-8-10-20(11-9-18)16-27-25(33)31(17-19(2)24(32)35-3)26(34)29-30-28-23-14-12-22(13-15-23)21-6-4-5-7-21/h8-15,19,21,28,30H,4-7,16-17H2,1-3H3,(H,27,33)(H,29,34)/t19-/m0/s1. The summed E-state index contributed by atoms with van der Waals surface area (Å²) in [6.07, 6.45) is 5.02. The maximum absolute atomic E-state index is 12.8. The second kappa shape index (κ2) is 12.8. The van der Waals surface area contributed by atoms with Crippen molar-refractivity contribution in [3.63, 3.8) is 0 Å². The molecule has 1 saturated carbocycles. The lowest BCUT2D eigenvalue weighted by molar-refractivity contribution is -0.144. The summed E-state index contributed by atoms with van der Waals surface area (Å²) in [7, 11) is 1.27. The lowest BCUT2D eigenvalue weighted by atomic mass is 9.98. The van der Waals surface area contributed by atoms with E-state index in [1.54, 1.807) is 6.92 Å². The highest BCUT2D eigenvalue weighted by atomic mass is 16.5. The first-order valence-corrected chi connectivity index (χ1v) is 12.0. The number of nitrogens with one attached hydrogen (secondary N) is 4. The third-order valence-corrected chi connectivity index (χ3v) is 6.23. The molecule has 0 aromatic heterocycles. The molecule has 1 atom stereocenters. The molecule has 0 radical (unpaired) electrons. The van der Waals surface area contributed by atoms with Gasteiger partial charge in [0, 0.05) is 13.1 Å². The normalized spacial score (nSPS) is 14.1. The number of methoxy groups -OCH3 is 1. The van der Waals surface area contributed by atoms with E-state index in [0.717, 1.165) is 21.7 Å². The number of amides is 4. The Morgan fingerprint density at radius 1 is 1.00 bits per heavy atom. The highest BCUT2D eigenvalue weighted by Gasteiger charge is 2.27. The van der Waals surface area contributed by atoms with Crippen molar-refractivity contribution in [2.24, 2.45) is 5.92 Å². The predicted molar refractivity (Wildman–Crippen MR) is 134 cm³/mol. The van der Waals surface area contributed by atoms with Crippen LogP contribution in [0.1, 0.15) is 55.2 Å². The van der Waals surface area contributed by atoms with E-state index in [1.165, 1.54) is 38.4 Å². The van der Waals surface area contributed by atoms with Gasteiger partial charge in [0.05, 0.1) is 18.7 Å². The van der Waals surface area contributed by atoms with E-state index in [4.69, 9.17) is 4.74 Å². The molecule has 0 heterocycles. The highest BCUT2D eigenvalue weighted by Crippen LogP contribution is 2.34. The topological polar surface area (TPSA) is 112 Å². The summed E-state index contributed by atoms with van der Waals surface area (Å²) in [5.74, 6) is -0.574. The molecule has 1 aliphatic rings. The first-order valence-electron chi connectivity index (χ1n) is 12.0. The lowest BCUT2D eigenvalue weighted by Gasteiger charge is -2.24. The number of rotatable bonds is 9. The molecule has 35 heavy (non-hydrogen) atoms. The second-order valence-corrected chi connectivity index (χ2v) is 8.96. The molecular weight excluding hydrogens is 446 g/mol. The number of imide groups is 1. The van der Waals surface area contributed by atoms with Gasteiger partial charge in [-0.25, -0.2) is 14.5 Å². The smallest absolute Gasteiger partial charge is 0.341 e. The van der Waals surface area contributed by atoms with Gasteiger partial charge >= 0.3 is 18.0 Å². The molecule has 0 unspecified atom stereocenters. The molecule has 1 fully saturated rings. The molecule has 2 aromatic rings. The number of aryl methyl sites for hydroxylation is 1. The number of carbonyl (C=O) groups excluding carboxylic acids is 3. The molecular formula is C26H35N5O4. The maximum Gasteiger partial charge on any atom is 0.341 e. The fourth-order valence-electron chi connectivity index (χ4n) is 4.11. The fourth-order valence-corrected chi connectivity index (χ4v) is 4.11. The highest BCUT2D eigenvalue weighted by molar-refractivity contribution is 5.93. The van der Waals surface area contributed by atoms with E-state index in [2.05, 4.69) is 33.8 Å². The Morgan fingerprint density at radius 3 is 2.29 bits per heavy atom. The molecule has 0 spiro atoms. The van der Waals surface area contributed by atoms with E-state index in [0.29, 0.717) is 5.92 Å². The average Bonchev–Trinajstić information content (AvgIpc) is 3.41. The first-order chi connectivity index (χ1) is 16.9. The molecule has 4 N–H and O–H groups in total. The van der Waals surface area contributed by atoms with Crippen LogP contribution in [0.4, 0.5) is 15.3 Å². The molecule has 0 bridgehead atoms. The van der Waals surface area contributed by atoms with Gasteiger partial charge in [0.15, 0.2) is 0 Å². The van der Waals surface area contributed by atoms with E-state index in [9.17, 15) is 14.4 Å². The third kappa shape index (κ3) is 7.71. The molecule has 0 aliphatic heterocycles. The van der Waals surface area contributed by atoms with Crippen molar-refractivity contribution in [1.29, 1.82) is 0 Å². The maximum atomic E-state index is 12.8. The number of hydrogen-bond donors (Lipinski definition) is 4. The third-order valence-electron chi connectivity index (χ3n) is 6.23. The van der Waals surface area contributed by atoms with Crippen LogP contribution in [0, 0.1) is 12.8 Å². The van der Waals surface area contributed by atoms with Crippen molar-refractivity contribution >= 4 is 23.7 Å². The quantitative estimate of drug-likeness (QED) is 0.315. The summed E-state index contributed by atoms with van der Waals surface area (Å²) in [5, 5.41) is 2.73. The summed E-state index contributed by atoms with van der Waals surface area (Å²) >= 11 is 0. The minimum atomic E-state index is -0.711. The number of benzene rings is 2. The first kappa shape index (κ1) is 26.0. The van der Waals surface area contributed by atoms with Crippen LogP contribution in [0.15, 0.2) is 48.5 Å². The van der Waals surface area contributed by atoms with Crippen molar-refractivity contribution in [2.75, 3.05) is 19.1 Å². The number of esters is 1. The summed E-state index contributed by atoms with van der Waals surface area (Å²) in [5.41, 5.74) is 12.1. The Kier molecular flexibility index (Phi) is 9.48. The van der Waals surface area contributed by atoms with Crippen LogP contribution >= 0.6 is 0 Å². The largest absolute Gasteiger partial charge is 0.469 e. The number of carbonyl (C=O) groups is 3. The molecule has 9 heteroatoms. The van der Waals surface area contributed by atoms with Gasteiger partial charge in [-0.3, -0.25) is 10.2 Å². The van der Waals surface area contributed by atoms with Crippen LogP contribution in [0.25, 0.3) is 0 Å². The lowest BCUT2D eigenvalue weighted by Crippen LogP contribution is -2.54. The Hall–Kier alpha value is -3.59. The zero-order valence-electron chi connectivity index (χ0n) is 20.6. The molecule has 1 aliphatic carbocycles. The van der Waals surface area contributed by atoms with Crippen LogP contribution < -0.4 is 21.7 Å². The molecule has 4 amide bonds. The monoisotopic (exact) mass is 481 g/mol. The van der Waals surface area contributed by atoms with Crippen molar-refractivity contribution < 1.29 is 19.1 Å². The van der Waals surface area contributed by atoms with Gasteiger partial charge in [-0.2, -0.15) is 0 Å². The molecule has 2 aromatic carbocycles. The van der Waals surface area contributed by atoms with Gasteiger partial charge in [-0.15, -0.1) is 5.53 Å². The van der Waals surface area contributed by atoms with Gasteiger partial charge in [-0.1, -0.05) is 61.7 Å². The summed E-state index contributed by atoms with van der Waals surface area (Å²) in [4.78, 5) is 38.4. The zero-order chi connectivity index (χ0) is 25.2. The van der Waals surface area contributed by atoms with E-state index < -0.39 is 23.9 Å². The van der Waals surface area contributed by atoms with Crippen molar-refractivity contribution in [2.45, 2.75) is 52.0 Å². The number of hydrazine groups is 2. The van der Waals surface area contributed by atoms with E-state index in [1.807, 2.05) is 43.3 Å². The van der Waals surface area contributed by atoms with Gasteiger partial charge in [0.1, 0.15) is 0 Å². The van der Waals surface area contributed by atoms with Crippen molar-refractivity contribution in [3.05, 3.63) is 65.2 Å². The number of anilines is 1. The van der Waals surface area contributed by atoms with Crippen molar-refractivity contribution in [1.82, 2.24) is 21.2 Å². The molecule has 0 saturated heterocycles. The number of urea groups is 2. The average molecular weight is 482 g/mol. The Labute approximate surface area is 206 Å². The Balaban J connectivity index is 1.55. The Morgan fingerprint density at radius 2 is 1.66 bits per heavy atom. The predicted octanol–water partition coefficient (Wildman–Crippen LogP) is 4.21. The van der Waals surface area contributed by atoms with Crippen LogP contribution in [0.3, 0.4) is 0 Å². The van der Waals surface area contributed by atoms with Crippen LogP contribution in [-0.4, -0.2) is 36.6 Å². The molecule has 188 valence electrons. The van der Waals surface area contributed by atoms with Gasteiger partial charge in [-0.05, 0) is 48.9 Å². The number of hydrogen-bond acceptors (Lipinski definition) is 6. The summed E-state index contributed by atoms with van der Waals surface area (Å²) < 4.78 is 4.74. The SMILES string of the molecule is COC(=O)[C@@H](C)CN(C(=O)NCc1ccc(C)cc1)C(=O)NNNc1ccc(C2CCCC2)cc1. The second-order valence-electron chi connectivity index (χ2n) is 8.96. The molecule has 3 rings (SSSR count). The summed E-state index contributed by atoms with van der Waals surface area (Å²) in [6, 6.07) is 14.4. The minimum Gasteiger partial charge on any atom is -0.469 e. The zero-order valence-corrected chi connectivity index (χ0v) is 20.6. The Bertz CT molecular complexity index is 988. The van der Waals surface area contributed by atoms with E-state index in [-0.39, 0.29) is 13.1 Å². The fraction of sp³-hybridized carbons (Fsp3) is 0.423. The van der Waals surface area contributed by atoms with Gasteiger partial charge in [0.2, 0.25) is 0 Å². The van der Waals surface area contributed by atoms with Crippen LogP contribution in [0.5, 0.6) is 0 Å². The van der Waals surface area contributed by atoms with E-state index >= 15 is 0 Å². The van der Waals surface area contributed by atoms with Crippen LogP contribution in [0.2, 0.25) is 0 Å². The summed E-state index contributed by atoms with van der Waals surface area (Å²) in [6.45, 7) is 3.68. The number of nitrogens with zero attached hydrogens (tertiary/aromatic N) is 1. The van der Waals surface area contributed by atoms with Crippen molar-refractivity contribution in [3.8, 4) is 0 Å². The molecule has 9 nitrogen and oxygen atoms in total. The number of ether oxygens (including phenoxy) is 1. The van der Waals surface area contributed by atoms with Gasteiger partial charge in [0.25, 0.3) is 0 Å².